The predicted octanol–water partition coefficient (Wildman–Crippen LogP) is 1.35. The summed E-state index contributed by atoms with van der Waals surface area (Å²) in [5, 5.41) is 8.14. The number of amides is 1. The fraction of sp³-hybridized carbons (Fsp3) is 0.800. The molecule has 2 N–H and O–H groups in total. The van der Waals surface area contributed by atoms with E-state index in [4.69, 9.17) is 5.73 Å². The first kappa shape index (κ1) is 15.9. The summed E-state index contributed by atoms with van der Waals surface area (Å²) in [4.78, 5) is 14.5. The number of nitrogens with zero attached hydrogens (tertiary/aromatic N) is 4. The number of nitrogens with two attached hydrogens (primary N) is 1. The summed E-state index contributed by atoms with van der Waals surface area (Å²) in [6.45, 7) is 3.77. The molecule has 0 aromatic carbocycles. The molecule has 21 heavy (non-hydrogen) atoms. The molecule has 6 nitrogen and oxygen atoms in total. The molecule has 0 saturated heterocycles. The van der Waals surface area contributed by atoms with Gasteiger partial charge in [0, 0.05) is 18.8 Å². The standard InChI is InChI=1S/C15H27N5O/c1-2-20(14-8-4-3-5-9-14)15(21)12-19-11-13(17-18-19)7-6-10-16/h11,14H,2-10,12,16H2,1H3. The van der Waals surface area contributed by atoms with Crippen LogP contribution >= 0.6 is 0 Å². The van der Waals surface area contributed by atoms with Gasteiger partial charge in [0.05, 0.1) is 5.69 Å². The second-order valence-electron chi connectivity index (χ2n) is 5.77. The van der Waals surface area contributed by atoms with Crippen molar-refractivity contribution in [3.8, 4) is 0 Å². The van der Waals surface area contributed by atoms with E-state index in [1.54, 1.807) is 4.68 Å². The molecule has 2 rings (SSSR count). The van der Waals surface area contributed by atoms with Crippen LogP contribution in [-0.4, -0.2) is 44.9 Å². The first-order valence-corrected chi connectivity index (χ1v) is 8.13. The molecule has 0 radical (unpaired) electrons. The summed E-state index contributed by atoms with van der Waals surface area (Å²) >= 11 is 0. The minimum atomic E-state index is 0.152. The maximum Gasteiger partial charge on any atom is 0.244 e. The zero-order chi connectivity index (χ0) is 15.1. The Morgan fingerprint density at radius 3 is 2.86 bits per heavy atom. The molecule has 0 spiro atoms. The van der Waals surface area contributed by atoms with Gasteiger partial charge in [0.25, 0.3) is 0 Å². The number of aryl methyl sites for hydroxylation is 1. The molecule has 0 bridgehead atoms. The van der Waals surface area contributed by atoms with Gasteiger partial charge < -0.3 is 10.6 Å². The molecule has 1 aromatic rings. The molecule has 0 aliphatic heterocycles. The second kappa shape index (κ2) is 8.12. The molecule has 1 heterocycles. The summed E-state index contributed by atoms with van der Waals surface area (Å²) in [6.07, 6.45) is 9.64. The number of aromatic nitrogens is 3. The van der Waals surface area contributed by atoms with Gasteiger partial charge in [0.1, 0.15) is 6.54 Å². The Labute approximate surface area is 126 Å². The van der Waals surface area contributed by atoms with E-state index in [0.29, 0.717) is 19.1 Å². The lowest BCUT2D eigenvalue weighted by molar-refractivity contribution is -0.134. The molecular formula is C15H27N5O. The fourth-order valence-electron chi connectivity index (χ4n) is 3.07. The molecule has 0 atom stereocenters. The lowest BCUT2D eigenvalue weighted by Gasteiger charge is -2.33. The van der Waals surface area contributed by atoms with Crippen LogP contribution in [0.4, 0.5) is 0 Å². The van der Waals surface area contributed by atoms with E-state index >= 15 is 0 Å². The summed E-state index contributed by atoms with van der Waals surface area (Å²) in [5.41, 5.74) is 6.40. The summed E-state index contributed by atoms with van der Waals surface area (Å²) in [6, 6.07) is 0.413. The fourth-order valence-corrected chi connectivity index (χ4v) is 3.07. The summed E-state index contributed by atoms with van der Waals surface area (Å²) < 4.78 is 1.65. The summed E-state index contributed by atoms with van der Waals surface area (Å²) in [7, 11) is 0. The van der Waals surface area contributed by atoms with Crippen LogP contribution in [0.25, 0.3) is 0 Å². The van der Waals surface area contributed by atoms with Crippen LogP contribution in [0, 0.1) is 0 Å². The Morgan fingerprint density at radius 1 is 1.43 bits per heavy atom. The van der Waals surface area contributed by atoms with Crippen molar-refractivity contribution in [1.29, 1.82) is 0 Å². The normalized spacial score (nSPS) is 16.1. The highest BCUT2D eigenvalue weighted by Gasteiger charge is 2.24. The van der Waals surface area contributed by atoms with E-state index in [1.165, 1.54) is 19.3 Å². The largest absolute Gasteiger partial charge is 0.338 e. The predicted molar refractivity (Wildman–Crippen MR) is 81.7 cm³/mol. The van der Waals surface area contributed by atoms with Gasteiger partial charge in [-0.15, -0.1) is 5.10 Å². The Kier molecular flexibility index (Phi) is 6.17. The van der Waals surface area contributed by atoms with Crippen LogP contribution in [0.5, 0.6) is 0 Å². The van der Waals surface area contributed by atoms with Crippen molar-refractivity contribution in [2.24, 2.45) is 5.73 Å². The minimum Gasteiger partial charge on any atom is -0.338 e. The highest BCUT2D eigenvalue weighted by atomic mass is 16.2. The van der Waals surface area contributed by atoms with Gasteiger partial charge in [-0.05, 0) is 39.2 Å². The number of likely N-dealkylation sites (N-methyl/N-ethyl adjacent to an activating group) is 1. The molecule has 1 aromatic heterocycles. The van der Waals surface area contributed by atoms with Crippen molar-refractivity contribution < 1.29 is 4.79 Å². The minimum absolute atomic E-state index is 0.152. The molecule has 6 heteroatoms. The van der Waals surface area contributed by atoms with E-state index < -0.39 is 0 Å². The second-order valence-corrected chi connectivity index (χ2v) is 5.77. The van der Waals surface area contributed by atoms with E-state index in [-0.39, 0.29) is 5.91 Å². The van der Waals surface area contributed by atoms with Gasteiger partial charge in [-0.2, -0.15) is 0 Å². The zero-order valence-corrected chi connectivity index (χ0v) is 13.0. The Bertz CT molecular complexity index is 439. The lowest BCUT2D eigenvalue weighted by atomic mass is 9.94. The number of carbonyl (C=O) groups is 1. The molecule has 118 valence electrons. The van der Waals surface area contributed by atoms with Crippen molar-refractivity contribution in [3.63, 3.8) is 0 Å². The molecule has 1 aliphatic carbocycles. The monoisotopic (exact) mass is 293 g/mol. The smallest absolute Gasteiger partial charge is 0.244 e. The Balaban J connectivity index is 1.90. The third kappa shape index (κ3) is 4.52. The first-order chi connectivity index (χ1) is 10.2. The Hall–Kier alpha value is -1.43. The highest BCUT2D eigenvalue weighted by molar-refractivity contribution is 5.76. The summed E-state index contributed by atoms with van der Waals surface area (Å²) in [5.74, 6) is 0.152. The zero-order valence-electron chi connectivity index (χ0n) is 13.0. The molecule has 1 amide bonds. The van der Waals surface area contributed by atoms with Crippen LogP contribution in [-0.2, 0) is 17.8 Å². The van der Waals surface area contributed by atoms with Gasteiger partial charge >= 0.3 is 0 Å². The average molecular weight is 293 g/mol. The lowest BCUT2D eigenvalue weighted by Crippen LogP contribution is -2.43. The van der Waals surface area contributed by atoms with Crippen molar-refractivity contribution >= 4 is 5.91 Å². The number of hydrogen-bond acceptors (Lipinski definition) is 4. The maximum absolute atomic E-state index is 12.5. The van der Waals surface area contributed by atoms with Crippen LogP contribution in [0.15, 0.2) is 6.20 Å². The van der Waals surface area contributed by atoms with Crippen LogP contribution in [0.3, 0.4) is 0 Å². The quantitative estimate of drug-likeness (QED) is 0.823. The number of rotatable bonds is 7. The van der Waals surface area contributed by atoms with Crippen molar-refractivity contribution in [2.45, 2.75) is 64.5 Å². The SMILES string of the molecule is CCN(C(=O)Cn1cc(CCCN)nn1)C1CCCCC1. The molecular weight excluding hydrogens is 266 g/mol. The average Bonchev–Trinajstić information content (AvgIpc) is 2.94. The topological polar surface area (TPSA) is 77.0 Å². The van der Waals surface area contributed by atoms with E-state index in [0.717, 1.165) is 37.9 Å². The highest BCUT2D eigenvalue weighted by Crippen LogP contribution is 2.22. The van der Waals surface area contributed by atoms with Crippen molar-refractivity contribution in [3.05, 3.63) is 11.9 Å². The Morgan fingerprint density at radius 2 is 2.19 bits per heavy atom. The molecule has 1 saturated carbocycles. The van der Waals surface area contributed by atoms with Crippen LogP contribution in [0.2, 0.25) is 0 Å². The third-order valence-electron chi connectivity index (χ3n) is 4.20. The van der Waals surface area contributed by atoms with Gasteiger partial charge in [0.15, 0.2) is 0 Å². The van der Waals surface area contributed by atoms with Crippen molar-refractivity contribution in [1.82, 2.24) is 19.9 Å². The van der Waals surface area contributed by atoms with Crippen LogP contribution < -0.4 is 5.73 Å². The van der Waals surface area contributed by atoms with Crippen molar-refractivity contribution in [2.75, 3.05) is 13.1 Å². The molecule has 1 aliphatic rings. The maximum atomic E-state index is 12.5. The third-order valence-corrected chi connectivity index (χ3v) is 4.20. The van der Waals surface area contributed by atoms with Crippen LogP contribution in [0.1, 0.15) is 51.1 Å². The van der Waals surface area contributed by atoms with E-state index in [1.807, 2.05) is 11.1 Å². The first-order valence-electron chi connectivity index (χ1n) is 8.13. The van der Waals surface area contributed by atoms with E-state index in [2.05, 4.69) is 17.2 Å². The van der Waals surface area contributed by atoms with Gasteiger partial charge in [-0.3, -0.25) is 4.79 Å². The molecule has 1 fully saturated rings. The van der Waals surface area contributed by atoms with Gasteiger partial charge in [0.2, 0.25) is 5.91 Å². The number of carbonyl (C=O) groups excluding carboxylic acids is 1. The van der Waals surface area contributed by atoms with Gasteiger partial charge in [-0.1, -0.05) is 24.5 Å². The molecule has 0 unspecified atom stereocenters. The van der Waals surface area contributed by atoms with Gasteiger partial charge in [-0.25, -0.2) is 4.68 Å². The number of hydrogen-bond donors (Lipinski definition) is 1. The van der Waals surface area contributed by atoms with E-state index in [9.17, 15) is 4.79 Å².